The smallest absolute Gasteiger partial charge is 0.251 e. The van der Waals surface area contributed by atoms with Crippen LogP contribution in [0.25, 0.3) is 16.8 Å². The summed E-state index contributed by atoms with van der Waals surface area (Å²) in [6.07, 6.45) is 1.83. The molecule has 134 valence electrons. The molecular weight excluding hydrogens is 347 g/mol. The Morgan fingerprint density at radius 3 is 2.74 bits per heavy atom. The van der Waals surface area contributed by atoms with E-state index in [0.29, 0.717) is 28.2 Å². The van der Waals surface area contributed by atoms with Crippen molar-refractivity contribution in [2.75, 3.05) is 0 Å². The number of carbonyl (C=O) groups excluding carboxylic acids is 1. The number of halogens is 1. The molecule has 27 heavy (non-hydrogen) atoms. The van der Waals surface area contributed by atoms with E-state index in [-0.39, 0.29) is 12.5 Å². The number of rotatable bonds is 4. The number of pyridine rings is 1. The highest BCUT2D eigenvalue weighted by atomic mass is 19.1. The van der Waals surface area contributed by atoms with E-state index in [4.69, 9.17) is 0 Å². The summed E-state index contributed by atoms with van der Waals surface area (Å²) in [5, 5.41) is 20.3. The first-order chi connectivity index (χ1) is 13.1. The summed E-state index contributed by atoms with van der Waals surface area (Å²) in [4.78, 5) is 12.5. The molecule has 0 fully saturated rings. The van der Waals surface area contributed by atoms with Gasteiger partial charge in [-0.3, -0.25) is 9.20 Å². The van der Waals surface area contributed by atoms with Gasteiger partial charge in [-0.1, -0.05) is 24.3 Å². The van der Waals surface area contributed by atoms with Gasteiger partial charge in [-0.05, 0) is 47.5 Å². The third-order valence-corrected chi connectivity index (χ3v) is 4.20. The van der Waals surface area contributed by atoms with Crippen molar-refractivity contribution in [3.05, 3.63) is 84.1 Å². The fourth-order valence-electron chi connectivity index (χ4n) is 2.80. The largest absolute Gasteiger partial charge is 0.505 e. The van der Waals surface area contributed by atoms with Crippen molar-refractivity contribution < 1.29 is 14.3 Å². The molecule has 0 saturated heterocycles. The van der Waals surface area contributed by atoms with E-state index < -0.39 is 11.6 Å². The molecule has 2 aromatic heterocycles. The van der Waals surface area contributed by atoms with Gasteiger partial charge in [0.2, 0.25) is 0 Å². The summed E-state index contributed by atoms with van der Waals surface area (Å²) >= 11 is 0. The summed E-state index contributed by atoms with van der Waals surface area (Å²) in [5.74, 6) is -0.770. The molecular formula is C20H15FN4O2. The number of hydrogen-bond acceptors (Lipinski definition) is 4. The molecule has 0 aliphatic heterocycles. The molecule has 0 spiro atoms. The number of aromatic hydroxyl groups is 1. The number of phenols is 1. The van der Waals surface area contributed by atoms with Gasteiger partial charge < -0.3 is 10.4 Å². The second-order valence-corrected chi connectivity index (χ2v) is 5.97. The van der Waals surface area contributed by atoms with Gasteiger partial charge in [-0.25, -0.2) is 4.39 Å². The molecule has 2 heterocycles. The van der Waals surface area contributed by atoms with Crippen molar-refractivity contribution in [3.8, 4) is 16.9 Å². The van der Waals surface area contributed by atoms with Crippen LogP contribution < -0.4 is 5.32 Å². The van der Waals surface area contributed by atoms with Gasteiger partial charge in [0.25, 0.3) is 5.91 Å². The Kier molecular flexibility index (Phi) is 4.25. The molecule has 0 saturated carbocycles. The molecule has 0 aliphatic carbocycles. The van der Waals surface area contributed by atoms with E-state index in [1.54, 1.807) is 34.7 Å². The van der Waals surface area contributed by atoms with Crippen LogP contribution in [0.4, 0.5) is 4.39 Å². The summed E-state index contributed by atoms with van der Waals surface area (Å²) in [7, 11) is 0. The summed E-state index contributed by atoms with van der Waals surface area (Å²) in [6.45, 7) is 0.224. The van der Waals surface area contributed by atoms with Crippen molar-refractivity contribution in [3.63, 3.8) is 0 Å². The third kappa shape index (κ3) is 3.35. The number of carbonyl (C=O) groups is 1. The maximum absolute atomic E-state index is 13.6. The van der Waals surface area contributed by atoms with Crippen LogP contribution in [0, 0.1) is 5.82 Å². The fourth-order valence-corrected chi connectivity index (χ4v) is 2.80. The SMILES string of the molecule is O=C(NCc1nnc2ccccn12)c1cccc(-c2ccc(O)c(F)c2)c1. The Labute approximate surface area is 153 Å². The number of benzene rings is 2. The average molecular weight is 362 g/mol. The molecule has 0 atom stereocenters. The van der Waals surface area contributed by atoms with Crippen LogP contribution in [-0.4, -0.2) is 25.6 Å². The lowest BCUT2D eigenvalue weighted by atomic mass is 10.0. The minimum absolute atomic E-state index is 0.224. The van der Waals surface area contributed by atoms with Gasteiger partial charge in [-0.15, -0.1) is 10.2 Å². The van der Waals surface area contributed by atoms with Crippen molar-refractivity contribution in [2.45, 2.75) is 6.54 Å². The zero-order valence-corrected chi connectivity index (χ0v) is 14.1. The summed E-state index contributed by atoms with van der Waals surface area (Å²) < 4.78 is 15.4. The van der Waals surface area contributed by atoms with Crippen LogP contribution in [0.2, 0.25) is 0 Å². The van der Waals surface area contributed by atoms with E-state index in [0.717, 1.165) is 0 Å². The normalized spacial score (nSPS) is 10.9. The highest BCUT2D eigenvalue weighted by Crippen LogP contribution is 2.25. The average Bonchev–Trinajstić information content (AvgIpc) is 3.11. The van der Waals surface area contributed by atoms with Gasteiger partial charge in [0.15, 0.2) is 23.0 Å². The zero-order chi connectivity index (χ0) is 18.8. The lowest BCUT2D eigenvalue weighted by Crippen LogP contribution is -2.24. The molecule has 2 aromatic carbocycles. The van der Waals surface area contributed by atoms with Gasteiger partial charge in [-0.2, -0.15) is 0 Å². The second-order valence-electron chi connectivity index (χ2n) is 5.97. The maximum Gasteiger partial charge on any atom is 0.251 e. The number of amides is 1. The molecule has 0 aliphatic rings. The molecule has 4 aromatic rings. The van der Waals surface area contributed by atoms with Gasteiger partial charge in [0.05, 0.1) is 6.54 Å². The minimum atomic E-state index is -0.707. The van der Waals surface area contributed by atoms with E-state index in [9.17, 15) is 14.3 Å². The Morgan fingerprint density at radius 2 is 1.89 bits per heavy atom. The molecule has 7 heteroatoms. The Morgan fingerprint density at radius 1 is 1.04 bits per heavy atom. The number of hydrogen-bond donors (Lipinski definition) is 2. The first-order valence-corrected chi connectivity index (χ1v) is 8.27. The van der Waals surface area contributed by atoms with Crippen LogP contribution in [0.15, 0.2) is 66.9 Å². The van der Waals surface area contributed by atoms with E-state index >= 15 is 0 Å². The highest BCUT2D eigenvalue weighted by molar-refractivity contribution is 5.95. The molecule has 0 unspecified atom stereocenters. The predicted octanol–water partition coefficient (Wildman–Crippen LogP) is 3.17. The molecule has 2 N–H and O–H groups in total. The van der Waals surface area contributed by atoms with Crippen molar-refractivity contribution in [1.82, 2.24) is 19.9 Å². The minimum Gasteiger partial charge on any atom is -0.505 e. The lowest BCUT2D eigenvalue weighted by Gasteiger charge is -2.07. The molecule has 4 rings (SSSR count). The first kappa shape index (κ1) is 16.7. The van der Waals surface area contributed by atoms with E-state index in [1.165, 1.54) is 12.1 Å². The van der Waals surface area contributed by atoms with Gasteiger partial charge in [0.1, 0.15) is 0 Å². The van der Waals surface area contributed by atoms with Crippen LogP contribution in [0.5, 0.6) is 5.75 Å². The topological polar surface area (TPSA) is 79.5 Å². The number of nitrogens with one attached hydrogen (secondary N) is 1. The molecule has 0 bridgehead atoms. The maximum atomic E-state index is 13.6. The number of aromatic nitrogens is 3. The highest BCUT2D eigenvalue weighted by Gasteiger charge is 2.11. The van der Waals surface area contributed by atoms with Crippen molar-refractivity contribution in [2.24, 2.45) is 0 Å². The lowest BCUT2D eigenvalue weighted by molar-refractivity contribution is 0.0950. The number of fused-ring (bicyclic) bond motifs is 1. The van der Waals surface area contributed by atoms with Crippen molar-refractivity contribution >= 4 is 11.6 Å². The molecule has 0 radical (unpaired) electrons. The van der Waals surface area contributed by atoms with Gasteiger partial charge >= 0.3 is 0 Å². The zero-order valence-electron chi connectivity index (χ0n) is 14.1. The van der Waals surface area contributed by atoms with Crippen LogP contribution >= 0.6 is 0 Å². The fraction of sp³-hybridized carbons (Fsp3) is 0.0500. The van der Waals surface area contributed by atoms with Crippen LogP contribution in [0.1, 0.15) is 16.2 Å². The summed E-state index contributed by atoms with van der Waals surface area (Å²) in [6, 6.07) is 16.5. The molecule has 1 amide bonds. The van der Waals surface area contributed by atoms with Crippen molar-refractivity contribution in [1.29, 1.82) is 0 Å². The van der Waals surface area contributed by atoms with E-state index in [1.807, 2.05) is 24.4 Å². The number of phenolic OH excluding ortho intramolecular Hbond substituents is 1. The Hall–Kier alpha value is -3.74. The second kappa shape index (κ2) is 6.87. The standard InChI is InChI=1S/C20H15FN4O2/c21-16-11-14(7-8-17(16)26)13-4-3-5-15(10-13)20(27)22-12-19-24-23-18-6-1-2-9-25(18)19/h1-11,26H,12H2,(H,22,27). The Balaban J connectivity index is 1.53. The molecule has 6 nitrogen and oxygen atoms in total. The third-order valence-electron chi connectivity index (χ3n) is 4.20. The van der Waals surface area contributed by atoms with Crippen LogP contribution in [0.3, 0.4) is 0 Å². The predicted molar refractivity (Wildman–Crippen MR) is 97.7 cm³/mol. The summed E-state index contributed by atoms with van der Waals surface area (Å²) in [5.41, 5.74) is 2.39. The Bertz CT molecular complexity index is 1140. The quantitative estimate of drug-likeness (QED) is 0.584. The number of nitrogens with zero attached hydrogens (tertiary/aromatic N) is 3. The van der Waals surface area contributed by atoms with E-state index in [2.05, 4.69) is 15.5 Å². The first-order valence-electron chi connectivity index (χ1n) is 8.27. The monoisotopic (exact) mass is 362 g/mol. The van der Waals surface area contributed by atoms with Gasteiger partial charge in [0, 0.05) is 11.8 Å². The van der Waals surface area contributed by atoms with Crippen LogP contribution in [-0.2, 0) is 6.54 Å².